The molecule has 2 aromatic rings. The normalized spacial score (nSPS) is 20.3. The SMILES string of the molecule is CC(=O)SC1CCN(C(C(=O)C2CC2)c2ccccc2F)C/C1=C/CCc1ccn(C(=O)OC(C)(C)C)n1. The molecule has 0 spiro atoms. The van der Waals surface area contributed by atoms with Crippen molar-refractivity contribution in [3.05, 3.63) is 65.3 Å². The highest BCUT2D eigenvalue weighted by atomic mass is 32.2. The van der Waals surface area contributed by atoms with Gasteiger partial charge in [0, 0.05) is 42.9 Å². The lowest BCUT2D eigenvalue weighted by Gasteiger charge is -2.38. The van der Waals surface area contributed by atoms with E-state index in [4.69, 9.17) is 4.74 Å². The number of thioether (sulfide) groups is 1. The number of ether oxygens (including phenoxy) is 1. The predicted octanol–water partition coefficient (Wildman–Crippen LogP) is 5.74. The van der Waals surface area contributed by atoms with Crippen molar-refractivity contribution in [3.63, 3.8) is 0 Å². The lowest BCUT2D eigenvalue weighted by Crippen LogP contribution is -2.43. The third kappa shape index (κ3) is 7.41. The van der Waals surface area contributed by atoms with Crippen LogP contribution < -0.4 is 0 Å². The number of carbonyl (C=O) groups is 3. The molecule has 2 atom stereocenters. The van der Waals surface area contributed by atoms with E-state index < -0.39 is 17.7 Å². The average molecular weight is 542 g/mol. The number of likely N-dealkylation sites (tertiary alicyclic amines) is 1. The van der Waals surface area contributed by atoms with Crippen molar-refractivity contribution in [2.75, 3.05) is 13.1 Å². The van der Waals surface area contributed by atoms with E-state index in [0.717, 1.165) is 24.1 Å². The van der Waals surface area contributed by atoms with Crippen molar-refractivity contribution >= 4 is 28.8 Å². The summed E-state index contributed by atoms with van der Waals surface area (Å²) < 4.78 is 21.4. The topological polar surface area (TPSA) is 81.5 Å². The number of rotatable bonds is 8. The summed E-state index contributed by atoms with van der Waals surface area (Å²) in [6, 6.07) is 7.70. The first-order valence-electron chi connectivity index (χ1n) is 13.2. The Balaban J connectivity index is 1.50. The summed E-state index contributed by atoms with van der Waals surface area (Å²) in [5.74, 6) is -0.283. The fraction of sp³-hybridized carbons (Fsp3) is 0.517. The first-order chi connectivity index (χ1) is 18.0. The Morgan fingerprint density at radius 3 is 2.58 bits per heavy atom. The summed E-state index contributed by atoms with van der Waals surface area (Å²) in [4.78, 5) is 39.6. The molecule has 7 nitrogen and oxygen atoms in total. The number of ketones is 1. The fourth-order valence-corrected chi connectivity index (χ4v) is 5.71. The molecule has 1 saturated carbocycles. The Morgan fingerprint density at radius 1 is 1.18 bits per heavy atom. The van der Waals surface area contributed by atoms with E-state index in [1.807, 2.05) is 0 Å². The molecule has 2 heterocycles. The van der Waals surface area contributed by atoms with Crippen LogP contribution in [0.4, 0.5) is 9.18 Å². The van der Waals surface area contributed by atoms with Crippen LogP contribution in [0.3, 0.4) is 0 Å². The van der Waals surface area contributed by atoms with Gasteiger partial charge in [-0.15, -0.1) is 0 Å². The van der Waals surface area contributed by atoms with Gasteiger partial charge in [-0.2, -0.15) is 9.78 Å². The summed E-state index contributed by atoms with van der Waals surface area (Å²) in [6.45, 7) is 8.09. The smallest absolute Gasteiger partial charge is 0.435 e. The molecule has 0 N–H and O–H groups in total. The van der Waals surface area contributed by atoms with Gasteiger partial charge < -0.3 is 4.74 Å². The number of allylic oxidation sites excluding steroid dienone is 1. The number of halogens is 1. The highest BCUT2D eigenvalue weighted by molar-refractivity contribution is 8.14. The maximum atomic E-state index is 14.8. The second kappa shape index (κ2) is 11.9. The summed E-state index contributed by atoms with van der Waals surface area (Å²) in [5, 5.41) is 4.40. The zero-order valence-corrected chi connectivity index (χ0v) is 23.3. The maximum Gasteiger partial charge on any atom is 0.435 e. The average Bonchev–Trinajstić information content (AvgIpc) is 3.58. The van der Waals surface area contributed by atoms with Gasteiger partial charge in [0.2, 0.25) is 0 Å². The van der Waals surface area contributed by atoms with Crippen LogP contribution in [0.2, 0.25) is 0 Å². The van der Waals surface area contributed by atoms with Crippen molar-refractivity contribution in [3.8, 4) is 0 Å². The van der Waals surface area contributed by atoms with Gasteiger partial charge in [-0.25, -0.2) is 9.18 Å². The first-order valence-corrected chi connectivity index (χ1v) is 14.1. The Kier molecular flexibility index (Phi) is 8.88. The van der Waals surface area contributed by atoms with Crippen LogP contribution in [0.25, 0.3) is 0 Å². The van der Waals surface area contributed by atoms with E-state index >= 15 is 0 Å². The molecule has 1 aliphatic heterocycles. The predicted molar refractivity (Wildman–Crippen MR) is 145 cm³/mol. The fourth-order valence-electron chi connectivity index (χ4n) is 4.76. The zero-order valence-electron chi connectivity index (χ0n) is 22.5. The number of piperidine rings is 1. The number of Topliss-reactive ketones (excluding diaryl/α,β-unsaturated/α-hetero) is 1. The number of carbonyl (C=O) groups excluding carboxylic acids is 3. The third-order valence-electron chi connectivity index (χ3n) is 6.63. The number of hydrogen-bond donors (Lipinski definition) is 0. The van der Waals surface area contributed by atoms with Crippen molar-refractivity contribution in [1.82, 2.24) is 14.7 Å². The van der Waals surface area contributed by atoms with Crippen LogP contribution in [-0.2, 0) is 20.7 Å². The minimum atomic E-state index is -0.625. The largest absolute Gasteiger partial charge is 0.442 e. The summed E-state index contributed by atoms with van der Waals surface area (Å²) in [5.41, 5.74) is 1.64. The number of aromatic nitrogens is 2. The molecule has 1 saturated heterocycles. The van der Waals surface area contributed by atoms with Gasteiger partial charge in [-0.3, -0.25) is 14.5 Å². The van der Waals surface area contributed by atoms with Crippen molar-refractivity contribution in [2.45, 2.75) is 76.7 Å². The number of aryl methyl sites for hydroxylation is 1. The molecule has 2 aliphatic rings. The van der Waals surface area contributed by atoms with Crippen LogP contribution in [0.15, 0.2) is 48.2 Å². The van der Waals surface area contributed by atoms with Crippen LogP contribution in [0, 0.1) is 11.7 Å². The van der Waals surface area contributed by atoms with Gasteiger partial charge in [-0.1, -0.05) is 36.0 Å². The molecule has 204 valence electrons. The summed E-state index contributed by atoms with van der Waals surface area (Å²) in [6.07, 6.45) is 6.86. The molecule has 9 heteroatoms. The van der Waals surface area contributed by atoms with Gasteiger partial charge >= 0.3 is 6.09 Å². The lowest BCUT2D eigenvalue weighted by atomic mass is 9.93. The monoisotopic (exact) mass is 541 g/mol. The Bertz CT molecular complexity index is 1210. The first kappa shape index (κ1) is 28.2. The summed E-state index contributed by atoms with van der Waals surface area (Å²) in [7, 11) is 0. The van der Waals surface area contributed by atoms with E-state index in [2.05, 4.69) is 16.1 Å². The highest BCUT2D eigenvalue weighted by Gasteiger charge is 2.41. The molecule has 0 amide bonds. The molecule has 1 aromatic heterocycles. The van der Waals surface area contributed by atoms with E-state index in [-0.39, 0.29) is 27.9 Å². The Morgan fingerprint density at radius 2 is 1.92 bits per heavy atom. The van der Waals surface area contributed by atoms with Gasteiger partial charge in [0.15, 0.2) is 10.9 Å². The number of benzene rings is 1. The molecule has 4 rings (SSSR count). The van der Waals surface area contributed by atoms with Gasteiger partial charge in [0.25, 0.3) is 0 Å². The standard InChI is InChI=1S/C29H36FN3O4S/c1-19(34)38-25-15-16-32(26(27(35)20-12-13-20)23-10-5-6-11-24(23)30)18-21(25)8-7-9-22-14-17-33(31-22)28(36)37-29(2,3)4/h5-6,8,10-11,14,17,20,25-26H,7,9,12-13,15-16,18H2,1-4H3/b21-8-. The van der Waals surface area contributed by atoms with Crippen molar-refractivity contribution in [2.24, 2.45) is 5.92 Å². The Hall–Kier alpha value is -2.78. The number of nitrogens with zero attached hydrogens (tertiary/aromatic N) is 3. The summed E-state index contributed by atoms with van der Waals surface area (Å²) >= 11 is 1.31. The molecule has 0 bridgehead atoms. The molecular weight excluding hydrogens is 505 g/mol. The van der Waals surface area contributed by atoms with Crippen LogP contribution in [-0.4, -0.2) is 55.6 Å². The van der Waals surface area contributed by atoms with Crippen LogP contribution in [0.1, 0.15) is 70.7 Å². The molecule has 0 radical (unpaired) electrons. The molecule has 1 aromatic carbocycles. The van der Waals surface area contributed by atoms with Gasteiger partial charge in [-0.05, 0) is 70.6 Å². The van der Waals surface area contributed by atoms with E-state index in [1.54, 1.807) is 58.2 Å². The zero-order chi connectivity index (χ0) is 27.4. The third-order valence-corrected chi connectivity index (χ3v) is 7.79. The van der Waals surface area contributed by atoms with Crippen molar-refractivity contribution in [1.29, 1.82) is 0 Å². The van der Waals surface area contributed by atoms with E-state index in [0.29, 0.717) is 37.9 Å². The molecular formula is C29H36FN3O4S. The number of hydrogen-bond acceptors (Lipinski definition) is 7. The molecule has 2 unspecified atom stereocenters. The van der Waals surface area contributed by atoms with Crippen molar-refractivity contribution < 1.29 is 23.5 Å². The lowest BCUT2D eigenvalue weighted by molar-refractivity contribution is -0.126. The van der Waals surface area contributed by atoms with Crippen LogP contribution >= 0.6 is 11.8 Å². The molecule has 2 fully saturated rings. The van der Waals surface area contributed by atoms with E-state index in [9.17, 15) is 18.8 Å². The molecule has 1 aliphatic carbocycles. The Labute approximate surface area is 227 Å². The maximum absolute atomic E-state index is 14.8. The quantitative estimate of drug-likeness (QED) is 0.394. The minimum Gasteiger partial charge on any atom is -0.442 e. The second-order valence-corrected chi connectivity index (χ2v) is 12.4. The van der Waals surface area contributed by atoms with Gasteiger partial charge in [0.05, 0.1) is 11.7 Å². The van der Waals surface area contributed by atoms with Crippen LogP contribution in [0.5, 0.6) is 0 Å². The van der Waals surface area contributed by atoms with E-state index in [1.165, 1.54) is 22.5 Å². The highest BCUT2D eigenvalue weighted by Crippen LogP contribution is 2.40. The molecule has 38 heavy (non-hydrogen) atoms. The second-order valence-electron chi connectivity index (χ2n) is 11.0. The van der Waals surface area contributed by atoms with Gasteiger partial charge in [0.1, 0.15) is 11.4 Å². The minimum absolute atomic E-state index is 0.00330.